The molecule has 49 heavy (non-hydrogen) atoms. The van der Waals surface area contributed by atoms with E-state index in [1.807, 2.05) is 36.6 Å². The van der Waals surface area contributed by atoms with Crippen molar-refractivity contribution in [3.05, 3.63) is 78.4 Å². The van der Waals surface area contributed by atoms with Crippen LogP contribution >= 0.6 is 11.8 Å². The van der Waals surface area contributed by atoms with Crippen LogP contribution in [-0.4, -0.2) is 62.8 Å². The molecule has 0 aliphatic carbocycles. The Morgan fingerprint density at radius 3 is 2.22 bits per heavy atom. The monoisotopic (exact) mass is 710 g/mol. The molecule has 1 aliphatic rings. The fourth-order valence-electron chi connectivity index (χ4n) is 5.93. The highest BCUT2D eigenvalue weighted by Gasteiger charge is 2.42. The number of aliphatic carboxylic acids is 1. The molecule has 1 aliphatic heterocycles. The average Bonchev–Trinajstić information content (AvgIpc) is 3.19. The zero-order chi connectivity index (χ0) is 35.4. The average molecular weight is 711 g/mol. The number of fused-ring (bicyclic) bond motifs is 1. The number of nitrogens with zero attached hydrogens (tertiary/aromatic N) is 1. The van der Waals surface area contributed by atoms with Crippen molar-refractivity contribution in [2.24, 2.45) is 0 Å². The lowest BCUT2D eigenvalue weighted by atomic mass is 9.87. The Bertz CT molecular complexity index is 1680. The molecular formula is C36H46N4O7S2. The van der Waals surface area contributed by atoms with Crippen LogP contribution in [0.2, 0.25) is 0 Å². The van der Waals surface area contributed by atoms with Gasteiger partial charge in [-0.25, -0.2) is 13.1 Å². The Balaban J connectivity index is 1.66. The normalized spacial score (nSPS) is 15.4. The maximum Gasteiger partial charge on any atom is 0.305 e. The minimum absolute atomic E-state index is 0.0550. The SMILES string of the molecule is CCCCC1(CCCC)CN(c2ccccc2)c2cc(SC)c(OCC(=O)N[C@@H](C(=O)NCCC(=O)O)c3ccccc3)cc2S(=O)(=O)N1. The molecule has 4 rings (SSSR count). The molecular weight excluding hydrogens is 665 g/mol. The van der Waals surface area contributed by atoms with E-state index in [9.17, 15) is 22.8 Å². The number of carbonyl (C=O) groups excluding carboxylic acids is 2. The summed E-state index contributed by atoms with van der Waals surface area (Å²) in [4.78, 5) is 39.9. The first kappa shape index (κ1) is 37.7. The van der Waals surface area contributed by atoms with Crippen molar-refractivity contribution in [2.45, 2.75) is 80.2 Å². The number of carboxylic acid groups (broad SMARTS) is 1. The number of thioether (sulfide) groups is 1. The maximum atomic E-state index is 14.2. The van der Waals surface area contributed by atoms with E-state index in [0.717, 1.165) is 31.4 Å². The van der Waals surface area contributed by atoms with E-state index in [0.29, 0.717) is 35.5 Å². The summed E-state index contributed by atoms with van der Waals surface area (Å²) < 4.78 is 37.6. The molecule has 3 aromatic rings. The van der Waals surface area contributed by atoms with Crippen LogP contribution in [0.4, 0.5) is 11.4 Å². The Kier molecular flexibility index (Phi) is 13.5. The van der Waals surface area contributed by atoms with E-state index in [4.69, 9.17) is 9.84 Å². The highest BCUT2D eigenvalue weighted by molar-refractivity contribution is 7.98. The van der Waals surface area contributed by atoms with Crippen molar-refractivity contribution in [2.75, 3.05) is 30.9 Å². The molecule has 0 saturated carbocycles. The van der Waals surface area contributed by atoms with Gasteiger partial charge < -0.3 is 25.4 Å². The number of carboxylic acids is 1. The number of carbonyl (C=O) groups is 3. The van der Waals surface area contributed by atoms with Crippen LogP contribution in [0.15, 0.2) is 82.6 Å². The van der Waals surface area contributed by atoms with Crippen LogP contribution in [0.5, 0.6) is 5.75 Å². The van der Waals surface area contributed by atoms with Crippen molar-refractivity contribution in [3.8, 4) is 5.75 Å². The van der Waals surface area contributed by atoms with E-state index >= 15 is 0 Å². The number of nitrogens with one attached hydrogen (secondary N) is 3. The van der Waals surface area contributed by atoms with Crippen LogP contribution in [0.1, 0.15) is 70.4 Å². The van der Waals surface area contributed by atoms with Gasteiger partial charge in [0.1, 0.15) is 16.7 Å². The first-order valence-corrected chi connectivity index (χ1v) is 19.3. The lowest BCUT2D eigenvalue weighted by molar-refractivity contribution is -0.137. The molecule has 2 amide bonds. The van der Waals surface area contributed by atoms with E-state index in [1.54, 1.807) is 36.4 Å². The summed E-state index contributed by atoms with van der Waals surface area (Å²) in [5, 5.41) is 14.2. The van der Waals surface area contributed by atoms with Crippen molar-refractivity contribution >= 4 is 50.9 Å². The fraction of sp³-hybridized carbons (Fsp3) is 0.417. The second-order valence-electron chi connectivity index (χ2n) is 12.1. The summed E-state index contributed by atoms with van der Waals surface area (Å²) in [6.45, 7) is 4.05. The van der Waals surface area contributed by atoms with Gasteiger partial charge in [-0.2, -0.15) is 0 Å². The van der Waals surface area contributed by atoms with Gasteiger partial charge in [0.05, 0.1) is 22.5 Å². The summed E-state index contributed by atoms with van der Waals surface area (Å²) in [5.74, 6) is -2.02. The molecule has 0 fully saturated rings. The van der Waals surface area contributed by atoms with Crippen LogP contribution in [0, 0.1) is 0 Å². The Hall–Kier alpha value is -4.07. The Morgan fingerprint density at radius 1 is 1.00 bits per heavy atom. The van der Waals surface area contributed by atoms with E-state index in [1.165, 1.54) is 17.8 Å². The quantitative estimate of drug-likeness (QED) is 0.128. The van der Waals surface area contributed by atoms with Crippen molar-refractivity contribution in [3.63, 3.8) is 0 Å². The highest BCUT2D eigenvalue weighted by atomic mass is 32.2. The molecule has 0 radical (unpaired) electrons. The minimum atomic E-state index is -4.03. The summed E-state index contributed by atoms with van der Waals surface area (Å²) in [6.07, 6.45) is 6.55. The number of amides is 2. The van der Waals surface area contributed by atoms with E-state index < -0.39 is 46.0 Å². The lowest BCUT2D eigenvalue weighted by Crippen LogP contribution is -2.53. The van der Waals surface area contributed by atoms with Crippen molar-refractivity contribution in [1.29, 1.82) is 0 Å². The number of unbranched alkanes of at least 4 members (excludes halogenated alkanes) is 2. The molecule has 0 bridgehead atoms. The zero-order valence-electron chi connectivity index (χ0n) is 28.2. The number of benzene rings is 3. The number of hydrogen-bond donors (Lipinski definition) is 4. The zero-order valence-corrected chi connectivity index (χ0v) is 29.9. The Morgan fingerprint density at radius 2 is 1.63 bits per heavy atom. The number of para-hydroxylation sites is 1. The van der Waals surface area contributed by atoms with Gasteiger partial charge in [0.2, 0.25) is 15.9 Å². The van der Waals surface area contributed by atoms with Gasteiger partial charge in [-0.15, -0.1) is 11.8 Å². The van der Waals surface area contributed by atoms with Crippen LogP contribution in [0.3, 0.4) is 0 Å². The lowest BCUT2D eigenvalue weighted by Gasteiger charge is -2.37. The van der Waals surface area contributed by atoms with Gasteiger partial charge in [-0.05, 0) is 42.9 Å². The molecule has 0 saturated heterocycles. The molecule has 3 aromatic carbocycles. The molecule has 4 N–H and O–H groups in total. The number of hydrogen-bond acceptors (Lipinski definition) is 8. The van der Waals surface area contributed by atoms with Crippen molar-refractivity contribution in [1.82, 2.24) is 15.4 Å². The number of sulfonamides is 1. The molecule has 0 unspecified atom stereocenters. The van der Waals surface area contributed by atoms with E-state index in [2.05, 4.69) is 34.1 Å². The smallest absolute Gasteiger partial charge is 0.305 e. The second kappa shape index (κ2) is 17.5. The van der Waals surface area contributed by atoms with E-state index in [-0.39, 0.29) is 23.6 Å². The van der Waals surface area contributed by atoms with Gasteiger partial charge >= 0.3 is 5.97 Å². The van der Waals surface area contributed by atoms with Gasteiger partial charge in [0.25, 0.3) is 5.91 Å². The van der Waals surface area contributed by atoms with Crippen LogP contribution < -0.4 is 25.0 Å². The minimum Gasteiger partial charge on any atom is -0.483 e. The predicted molar refractivity (Wildman–Crippen MR) is 192 cm³/mol. The molecule has 1 atom stereocenters. The number of ether oxygens (including phenoxy) is 1. The molecule has 0 aromatic heterocycles. The standard InChI is InChI=1S/C36H46N4O7S2/c1-4-6-19-36(20-7-5-2)25-40(27-16-12-9-13-17-27)28-22-30(48-3)29(23-31(28)49(45,46)39-36)47-24-32(41)38-34(26-14-10-8-11-15-26)35(44)37-21-18-33(42)43/h8-17,22-23,34,39H,4-7,18-21,24-25H2,1-3H3,(H,37,44)(H,38,41)(H,42,43)/t34-/m1/s1. The van der Waals surface area contributed by atoms with Crippen molar-refractivity contribution < 1.29 is 32.6 Å². The first-order chi connectivity index (χ1) is 23.5. The predicted octanol–water partition coefficient (Wildman–Crippen LogP) is 5.78. The van der Waals surface area contributed by atoms with Crippen LogP contribution in [0.25, 0.3) is 0 Å². The Labute approximate surface area is 293 Å². The van der Waals surface area contributed by atoms with Gasteiger partial charge in [0, 0.05) is 24.8 Å². The molecule has 13 heteroatoms. The maximum absolute atomic E-state index is 14.2. The fourth-order valence-corrected chi connectivity index (χ4v) is 8.13. The molecule has 0 spiro atoms. The summed E-state index contributed by atoms with van der Waals surface area (Å²) in [6, 6.07) is 20.5. The third-order valence-electron chi connectivity index (χ3n) is 8.42. The highest BCUT2D eigenvalue weighted by Crippen LogP contribution is 2.44. The van der Waals surface area contributed by atoms with Gasteiger partial charge in [-0.1, -0.05) is 88.1 Å². The summed E-state index contributed by atoms with van der Waals surface area (Å²) in [7, 11) is -4.03. The molecule has 264 valence electrons. The summed E-state index contributed by atoms with van der Waals surface area (Å²) in [5.41, 5.74) is 1.20. The molecule has 1 heterocycles. The van der Waals surface area contributed by atoms with Crippen LogP contribution in [-0.2, 0) is 24.4 Å². The number of rotatable bonds is 17. The largest absolute Gasteiger partial charge is 0.483 e. The van der Waals surface area contributed by atoms with Gasteiger partial charge in [-0.3, -0.25) is 14.4 Å². The summed E-state index contributed by atoms with van der Waals surface area (Å²) >= 11 is 1.37. The topological polar surface area (TPSA) is 154 Å². The third kappa shape index (κ3) is 9.99. The number of anilines is 2. The third-order valence-corrected chi connectivity index (χ3v) is 10.8. The second-order valence-corrected chi connectivity index (χ2v) is 14.6. The first-order valence-electron chi connectivity index (χ1n) is 16.6. The molecule has 11 nitrogen and oxygen atoms in total. The van der Waals surface area contributed by atoms with Gasteiger partial charge in [0.15, 0.2) is 6.61 Å².